The van der Waals surface area contributed by atoms with E-state index in [-0.39, 0.29) is 17.9 Å². The molecule has 1 aliphatic heterocycles. The van der Waals surface area contributed by atoms with Gasteiger partial charge in [-0.15, -0.1) is 11.8 Å². The Labute approximate surface area is 123 Å². The number of amides is 1. The van der Waals surface area contributed by atoms with Crippen LogP contribution in [-0.4, -0.2) is 46.0 Å². The Morgan fingerprint density at radius 2 is 2.30 bits per heavy atom. The van der Waals surface area contributed by atoms with Crippen molar-refractivity contribution in [2.75, 3.05) is 18.8 Å². The summed E-state index contributed by atoms with van der Waals surface area (Å²) in [5.74, 6) is 2.36. The lowest BCUT2D eigenvalue weighted by atomic mass is 9.97. The largest absolute Gasteiger partial charge is 0.393 e. The third-order valence-corrected chi connectivity index (χ3v) is 4.81. The van der Waals surface area contributed by atoms with Crippen molar-refractivity contribution in [1.29, 1.82) is 0 Å². The quantitative estimate of drug-likeness (QED) is 0.917. The molecule has 1 fully saturated rings. The summed E-state index contributed by atoms with van der Waals surface area (Å²) in [4.78, 5) is 14.0. The van der Waals surface area contributed by atoms with E-state index in [1.807, 2.05) is 25.7 Å². The number of hydrogen-bond acceptors (Lipinski definition) is 5. The Hall–Kier alpha value is -1.01. The molecular formula is C14H22N2O3S. The molecule has 2 atom stereocenters. The molecule has 0 aromatic carbocycles. The van der Waals surface area contributed by atoms with Crippen LogP contribution in [0.2, 0.25) is 0 Å². The minimum atomic E-state index is -0.269. The molecule has 6 heteroatoms. The maximum absolute atomic E-state index is 12.1. The highest BCUT2D eigenvalue weighted by Crippen LogP contribution is 2.21. The van der Waals surface area contributed by atoms with Gasteiger partial charge in [-0.2, -0.15) is 0 Å². The molecule has 112 valence electrons. The Morgan fingerprint density at radius 1 is 1.55 bits per heavy atom. The standard InChI is InChI=1S/C14H22N2O3S/c1-9-6-16(5-4-13(9)17)14(18)8-20-7-12-10(2)15-19-11(12)3/h9,13,17H,4-8H2,1-3H3. The number of thioether (sulfide) groups is 1. The number of carbonyl (C=O) groups excluding carboxylic acids is 1. The van der Waals surface area contributed by atoms with Gasteiger partial charge in [0, 0.05) is 24.4 Å². The number of aliphatic hydroxyl groups excluding tert-OH is 1. The third-order valence-electron chi connectivity index (χ3n) is 3.87. The molecule has 1 saturated heterocycles. The van der Waals surface area contributed by atoms with E-state index in [1.54, 1.807) is 11.8 Å². The fourth-order valence-corrected chi connectivity index (χ4v) is 3.47. The minimum Gasteiger partial charge on any atom is -0.393 e. The number of hydrogen-bond donors (Lipinski definition) is 1. The Bertz CT molecular complexity index is 455. The lowest BCUT2D eigenvalue weighted by Crippen LogP contribution is -2.45. The van der Waals surface area contributed by atoms with Crippen molar-refractivity contribution in [3.05, 3.63) is 17.0 Å². The number of aliphatic hydroxyl groups is 1. The summed E-state index contributed by atoms with van der Waals surface area (Å²) < 4.78 is 5.11. The van der Waals surface area contributed by atoms with Gasteiger partial charge in [0.25, 0.3) is 0 Å². The molecule has 1 N–H and O–H groups in total. The number of piperidine rings is 1. The van der Waals surface area contributed by atoms with Crippen molar-refractivity contribution in [2.45, 2.75) is 39.0 Å². The molecule has 0 saturated carbocycles. The number of nitrogens with zero attached hydrogens (tertiary/aromatic N) is 2. The van der Waals surface area contributed by atoms with Crippen LogP contribution in [0.5, 0.6) is 0 Å². The van der Waals surface area contributed by atoms with Gasteiger partial charge in [0.15, 0.2) is 0 Å². The van der Waals surface area contributed by atoms with Crippen LogP contribution < -0.4 is 0 Å². The number of aryl methyl sites for hydroxylation is 2. The predicted octanol–water partition coefficient (Wildman–Crippen LogP) is 1.75. The lowest BCUT2D eigenvalue weighted by Gasteiger charge is -2.34. The first kappa shape index (κ1) is 15.4. The fourth-order valence-electron chi connectivity index (χ4n) is 2.40. The molecule has 1 aromatic heterocycles. The van der Waals surface area contributed by atoms with Crippen LogP contribution in [0, 0.1) is 19.8 Å². The first-order chi connectivity index (χ1) is 9.49. The first-order valence-corrected chi connectivity index (χ1v) is 8.10. The Kier molecular flexibility index (Phi) is 5.10. The number of carbonyl (C=O) groups is 1. The molecule has 0 bridgehead atoms. The van der Waals surface area contributed by atoms with Crippen molar-refractivity contribution in [1.82, 2.24) is 10.1 Å². The molecule has 5 nitrogen and oxygen atoms in total. The van der Waals surface area contributed by atoms with Crippen molar-refractivity contribution in [3.63, 3.8) is 0 Å². The molecule has 2 heterocycles. The normalized spacial score (nSPS) is 23.1. The van der Waals surface area contributed by atoms with Crippen molar-refractivity contribution >= 4 is 17.7 Å². The summed E-state index contributed by atoms with van der Waals surface area (Å²) in [6, 6.07) is 0. The van der Waals surface area contributed by atoms with Gasteiger partial charge >= 0.3 is 0 Å². The number of rotatable bonds is 4. The summed E-state index contributed by atoms with van der Waals surface area (Å²) in [6.45, 7) is 7.12. The monoisotopic (exact) mass is 298 g/mol. The molecule has 0 radical (unpaired) electrons. The van der Waals surface area contributed by atoms with Crippen molar-refractivity contribution in [2.24, 2.45) is 5.92 Å². The van der Waals surface area contributed by atoms with E-state index in [1.165, 1.54) is 0 Å². The minimum absolute atomic E-state index is 0.153. The number of likely N-dealkylation sites (tertiary alicyclic amines) is 1. The average molecular weight is 298 g/mol. The van der Waals surface area contributed by atoms with E-state index in [9.17, 15) is 9.90 Å². The second kappa shape index (κ2) is 6.63. The van der Waals surface area contributed by atoms with E-state index >= 15 is 0 Å². The van der Waals surface area contributed by atoms with Gasteiger partial charge in [-0.1, -0.05) is 12.1 Å². The smallest absolute Gasteiger partial charge is 0.232 e. The lowest BCUT2D eigenvalue weighted by molar-refractivity contribution is -0.131. The second-order valence-corrected chi connectivity index (χ2v) is 6.45. The summed E-state index contributed by atoms with van der Waals surface area (Å²) in [5, 5.41) is 13.6. The van der Waals surface area contributed by atoms with Gasteiger partial charge in [0.1, 0.15) is 5.76 Å². The zero-order chi connectivity index (χ0) is 14.7. The van der Waals surface area contributed by atoms with Crippen molar-refractivity contribution < 1.29 is 14.4 Å². The first-order valence-electron chi connectivity index (χ1n) is 6.94. The maximum Gasteiger partial charge on any atom is 0.232 e. The Morgan fingerprint density at radius 3 is 2.90 bits per heavy atom. The molecule has 1 aliphatic rings. The predicted molar refractivity (Wildman–Crippen MR) is 78.5 cm³/mol. The van der Waals surface area contributed by atoms with Gasteiger partial charge in [-0.3, -0.25) is 4.79 Å². The zero-order valence-corrected chi connectivity index (χ0v) is 13.1. The van der Waals surface area contributed by atoms with Crippen LogP contribution in [0.3, 0.4) is 0 Å². The zero-order valence-electron chi connectivity index (χ0n) is 12.3. The topological polar surface area (TPSA) is 66.6 Å². The van der Waals surface area contributed by atoms with E-state index in [0.29, 0.717) is 25.3 Å². The molecule has 0 aliphatic carbocycles. The van der Waals surface area contributed by atoms with Crippen LogP contribution in [0.25, 0.3) is 0 Å². The molecule has 1 amide bonds. The van der Waals surface area contributed by atoms with Crippen LogP contribution in [-0.2, 0) is 10.5 Å². The van der Waals surface area contributed by atoms with Crippen LogP contribution in [0.15, 0.2) is 4.52 Å². The van der Waals surface area contributed by atoms with Crippen LogP contribution in [0.1, 0.15) is 30.4 Å². The number of aromatic nitrogens is 1. The van der Waals surface area contributed by atoms with Gasteiger partial charge < -0.3 is 14.5 Å². The van der Waals surface area contributed by atoms with Gasteiger partial charge in [-0.25, -0.2) is 0 Å². The fraction of sp³-hybridized carbons (Fsp3) is 0.714. The second-order valence-electron chi connectivity index (χ2n) is 5.47. The maximum atomic E-state index is 12.1. The molecule has 1 aromatic rings. The Balaban J connectivity index is 1.78. The molecule has 20 heavy (non-hydrogen) atoms. The van der Waals surface area contributed by atoms with Crippen LogP contribution >= 0.6 is 11.8 Å². The SMILES string of the molecule is Cc1noc(C)c1CSCC(=O)N1CCC(O)C(C)C1. The van der Waals surface area contributed by atoms with E-state index in [2.05, 4.69) is 5.16 Å². The molecule has 2 unspecified atom stereocenters. The molecule has 2 rings (SSSR count). The van der Waals surface area contributed by atoms with E-state index in [4.69, 9.17) is 4.52 Å². The average Bonchev–Trinajstić information content (AvgIpc) is 2.73. The highest BCUT2D eigenvalue weighted by molar-refractivity contribution is 7.99. The third kappa shape index (κ3) is 3.55. The summed E-state index contributed by atoms with van der Waals surface area (Å²) >= 11 is 1.59. The molecule has 0 spiro atoms. The van der Waals surface area contributed by atoms with Gasteiger partial charge in [-0.05, 0) is 26.2 Å². The highest BCUT2D eigenvalue weighted by Gasteiger charge is 2.26. The van der Waals surface area contributed by atoms with E-state index in [0.717, 1.165) is 22.8 Å². The summed E-state index contributed by atoms with van der Waals surface area (Å²) in [5.41, 5.74) is 1.99. The highest BCUT2D eigenvalue weighted by atomic mass is 32.2. The molecular weight excluding hydrogens is 276 g/mol. The van der Waals surface area contributed by atoms with Crippen molar-refractivity contribution in [3.8, 4) is 0 Å². The van der Waals surface area contributed by atoms with E-state index < -0.39 is 0 Å². The summed E-state index contributed by atoms with van der Waals surface area (Å²) in [7, 11) is 0. The summed E-state index contributed by atoms with van der Waals surface area (Å²) in [6.07, 6.45) is 0.413. The van der Waals surface area contributed by atoms with Gasteiger partial charge in [0.2, 0.25) is 5.91 Å². The van der Waals surface area contributed by atoms with Gasteiger partial charge in [0.05, 0.1) is 17.6 Å². The van der Waals surface area contributed by atoms with Crippen LogP contribution in [0.4, 0.5) is 0 Å².